The van der Waals surface area contributed by atoms with E-state index in [1.54, 1.807) is 6.20 Å². The maximum Gasteiger partial charge on any atom is -0.00999 e. The fourth-order valence-electron chi connectivity index (χ4n) is 1.50. The summed E-state index contributed by atoms with van der Waals surface area (Å²) < 4.78 is 0. The van der Waals surface area contributed by atoms with E-state index in [4.69, 9.17) is 5.73 Å². The van der Waals surface area contributed by atoms with E-state index in [1.807, 2.05) is 6.08 Å². The average Bonchev–Trinajstić information content (AvgIpc) is 2.47. The fraction of sp³-hybridized carbons (Fsp3) is 0.368. The summed E-state index contributed by atoms with van der Waals surface area (Å²) in [5.41, 5.74) is 5.25. The Morgan fingerprint density at radius 1 is 0.500 bits per heavy atom. The molecule has 0 saturated heterocycles. The van der Waals surface area contributed by atoms with Crippen LogP contribution in [0.1, 0.15) is 45.4 Å². The second-order valence-electron chi connectivity index (χ2n) is 4.37. The normalized spacial score (nSPS) is 13.4. The lowest BCUT2D eigenvalue weighted by atomic mass is 10.2. The predicted molar refractivity (Wildman–Crippen MR) is 92.4 cm³/mol. The topological polar surface area (TPSA) is 26.0 Å². The molecule has 20 heavy (non-hydrogen) atoms. The molecule has 0 aromatic heterocycles. The maximum atomic E-state index is 5.25. The zero-order valence-electron chi connectivity index (χ0n) is 12.7. The third kappa shape index (κ3) is 16.2. The van der Waals surface area contributed by atoms with Gasteiger partial charge in [0.15, 0.2) is 0 Å². The molecule has 0 saturated carbocycles. The maximum absolute atomic E-state index is 5.25. The number of nitrogens with two attached hydrogens (primary N) is 1. The van der Waals surface area contributed by atoms with Crippen molar-refractivity contribution in [2.24, 2.45) is 5.73 Å². The lowest BCUT2D eigenvalue weighted by Gasteiger charge is -1.85. The van der Waals surface area contributed by atoms with Gasteiger partial charge < -0.3 is 5.73 Å². The van der Waals surface area contributed by atoms with Crippen LogP contribution >= 0.6 is 0 Å². The van der Waals surface area contributed by atoms with Crippen molar-refractivity contribution in [1.82, 2.24) is 0 Å². The molecular formula is C19H29N. The van der Waals surface area contributed by atoms with E-state index in [-0.39, 0.29) is 0 Å². The van der Waals surface area contributed by atoms with Crippen LogP contribution in [0.4, 0.5) is 0 Å². The van der Waals surface area contributed by atoms with Crippen molar-refractivity contribution in [2.45, 2.75) is 45.4 Å². The van der Waals surface area contributed by atoms with Gasteiger partial charge in [-0.25, -0.2) is 0 Å². The van der Waals surface area contributed by atoms with Gasteiger partial charge in [-0.1, -0.05) is 73.8 Å². The minimum Gasteiger partial charge on any atom is -0.405 e. The number of allylic oxidation sites excluding steroid dienone is 11. The van der Waals surface area contributed by atoms with E-state index in [1.165, 1.54) is 0 Å². The van der Waals surface area contributed by atoms with Crippen LogP contribution < -0.4 is 5.73 Å². The van der Waals surface area contributed by atoms with Crippen molar-refractivity contribution in [1.29, 1.82) is 0 Å². The van der Waals surface area contributed by atoms with Gasteiger partial charge in [0.2, 0.25) is 0 Å². The molecule has 1 heteroatoms. The van der Waals surface area contributed by atoms with Crippen molar-refractivity contribution in [3.05, 3.63) is 73.0 Å². The highest BCUT2D eigenvalue weighted by atomic mass is 14.5. The molecule has 0 spiro atoms. The molecule has 110 valence electrons. The number of hydrogen-bond acceptors (Lipinski definition) is 1. The largest absolute Gasteiger partial charge is 0.405 e. The Morgan fingerprint density at radius 3 is 1.10 bits per heavy atom. The van der Waals surface area contributed by atoms with Crippen molar-refractivity contribution in [3.63, 3.8) is 0 Å². The third-order valence-electron chi connectivity index (χ3n) is 2.57. The summed E-state index contributed by atoms with van der Waals surface area (Å²) in [6, 6.07) is 0. The van der Waals surface area contributed by atoms with E-state index in [9.17, 15) is 0 Å². The molecule has 0 radical (unpaired) electrons. The van der Waals surface area contributed by atoms with Crippen LogP contribution in [0.25, 0.3) is 0 Å². The standard InChI is InChI=1S/C19H29N/c1-2-3-4-5-6-7-8-9-10-11-12-13-14-15-16-17-18-19-20/h3-4,6-7,9-10,12-13,15-16,18-19H,2,5,8,11,14,17,20H2,1H3/b4-3-,7-6-,10-9-,13-12-,16-15-,19-18-. The molecule has 2 N–H and O–H groups in total. The van der Waals surface area contributed by atoms with E-state index >= 15 is 0 Å². The highest BCUT2D eigenvalue weighted by molar-refractivity contribution is 5.01. The fourth-order valence-corrected chi connectivity index (χ4v) is 1.50. The second kappa shape index (κ2) is 17.2. The molecule has 0 aliphatic rings. The average molecular weight is 271 g/mol. The minimum absolute atomic E-state index is 0.921. The highest BCUT2D eigenvalue weighted by Gasteiger charge is 1.75. The summed E-state index contributed by atoms with van der Waals surface area (Å²) in [7, 11) is 0. The van der Waals surface area contributed by atoms with E-state index in [0.717, 1.165) is 38.5 Å². The molecule has 0 aliphatic heterocycles. The SMILES string of the molecule is CC/C=C\C/C=C\C/C=C\C/C=C\C/C=C\C/C=C\N. The first-order valence-electron chi connectivity index (χ1n) is 7.53. The zero-order chi connectivity index (χ0) is 14.7. The zero-order valence-corrected chi connectivity index (χ0v) is 12.7. The predicted octanol–water partition coefficient (Wildman–Crippen LogP) is 5.60. The molecule has 0 unspecified atom stereocenters. The van der Waals surface area contributed by atoms with Gasteiger partial charge in [-0.15, -0.1) is 0 Å². The summed E-state index contributed by atoms with van der Waals surface area (Å²) >= 11 is 0. The summed E-state index contributed by atoms with van der Waals surface area (Å²) in [6.07, 6.45) is 31.6. The van der Waals surface area contributed by atoms with Crippen LogP contribution in [0, 0.1) is 0 Å². The first-order valence-corrected chi connectivity index (χ1v) is 7.53. The van der Waals surface area contributed by atoms with Gasteiger partial charge in [-0.2, -0.15) is 0 Å². The highest BCUT2D eigenvalue weighted by Crippen LogP contribution is 1.96. The van der Waals surface area contributed by atoms with Gasteiger partial charge in [-0.05, 0) is 44.7 Å². The number of rotatable bonds is 11. The lowest BCUT2D eigenvalue weighted by molar-refractivity contribution is 1.19. The second-order valence-corrected chi connectivity index (χ2v) is 4.37. The quantitative estimate of drug-likeness (QED) is 0.486. The van der Waals surface area contributed by atoms with Gasteiger partial charge in [0.25, 0.3) is 0 Å². The molecule has 0 aliphatic carbocycles. The summed E-state index contributed by atoms with van der Waals surface area (Å²) in [6.45, 7) is 2.16. The van der Waals surface area contributed by atoms with E-state index < -0.39 is 0 Å². The Morgan fingerprint density at radius 2 is 0.800 bits per heavy atom. The van der Waals surface area contributed by atoms with E-state index in [2.05, 4.69) is 67.7 Å². The summed E-state index contributed by atoms with van der Waals surface area (Å²) in [4.78, 5) is 0. The molecule has 1 nitrogen and oxygen atoms in total. The molecule has 0 fully saturated rings. The van der Waals surface area contributed by atoms with Crippen LogP contribution in [-0.4, -0.2) is 0 Å². The molecule has 0 amide bonds. The van der Waals surface area contributed by atoms with Gasteiger partial charge in [-0.3, -0.25) is 0 Å². The Balaban J connectivity index is 3.47. The van der Waals surface area contributed by atoms with Crippen LogP contribution in [0.5, 0.6) is 0 Å². The third-order valence-corrected chi connectivity index (χ3v) is 2.57. The Bertz CT molecular complexity index is 354. The summed E-state index contributed by atoms with van der Waals surface area (Å²) in [5, 5.41) is 0. The van der Waals surface area contributed by atoms with Gasteiger partial charge in [0, 0.05) is 0 Å². The van der Waals surface area contributed by atoms with Gasteiger partial charge in [0.1, 0.15) is 0 Å². The monoisotopic (exact) mass is 271 g/mol. The van der Waals surface area contributed by atoms with Gasteiger partial charge >= 0.3 is 0 Å². The first kappa shape index (κ1) is 18.2. The smallest absolute Gasteiger partial charge is 0.00999 e. The molecular weight excluding hydrogens is 242 g/mol. The Hall–Kier alpha value is -1.76. The molecule has 0 aromatic carbocycles. The molecule has 0 heterocycles. The summed E-state index contributed by atoms with van der Waals surface area (Å²) in [5.74, 6) is 0. The van der Waals surface area contributed by atoms with Crippen LogP contribution in [-0.2, 0) is 0 Å². The Labute approximate surface area is 125 Å². The van der Waals surface area contributed by atoms with Crippen molar-refractivity contribution >= 4 is 0 Å². The first-order chi connectivity index (χ1) is 9.91. The molecule has 0 bridgehead atoms. The van der Waals surface area contributed by atoms with Crippen molar-refractivity contribution in [3.8, 4) is 0 Å². The van der Waals surface area contributed by atoms with Crippen LogP contribution in [0.15, 0.2) is 73.0 Å². The Kier molecular flexibility index (Phi) is 15.7. The van der Waals surface area contributed by atoms with Crippen LogP contribution in [0.2, 0.25) is 0 Å². The number of hydrogen-bond donors (Lipinski definition) is 1. The van der Waals surface area contributed by atoms with Gasteiger partial charge in [0.05, 0.1) is 0 Å². The molecule has 0 rings (SSSR count). The minimum atomic E-state index is 0.921. The molecule has 0 atom stereocenters. The lowest BCUT2D eigenvalue weighted by Crippen LogP contribution is -1.73. The molecule has 0 aromatic rings. The van der Waals surface area contributed by atoms with E-state index in [0.29, 0.717) is 0 Å². The van der Waals surface area contributed by atoms with Crippen molar-refractivity contribution in [2.75, 3.05) is 0 Å². The van der Waals surface area contributed by atoms with Crippen molar-refractivity contribution < 1.29 is 0 Å². The van der Waals surface area contributed by atoms with Crippen LogP contribution in [0.3, 0.4) is 0 Å².